The van der Waals surface area contributed by atoms with Gasteiger partial charge in [0, 0.05) is 5.92 Å². The first-order valence-corrected chi connectivity index (χ1v) is 6.22. The largest absolute Gasteiger partial charge is 0.496 e. The smallest absolute Gasteiger partial charge is 0.130 e. The number of fused-ring (bicyclic) bond motifs is 1. The summed E-state index contributed by atoms with van der Waals surface area (Å²) < 4.78 is 11.1. The molecule has 1 aliphatic carbocycles. The second-order valence-electron chi connectivity index (χ2n) is 4.30. The van der Waals surface area contributed by atoms with Crippen LogP contribution in [0.3, 0.4) is 0 Å². The maximum Gasteiger partial charge on any atom is 0.130 e. The lowest BCUT2D eigenvalue weighted by Crippen LogP contribution is -1.97. The molecule has 1 atom stereocenters. The number of rotatable bonds is 4. The lowest BCUT2D eigenvalue weighted by atomic mass is 9.92. The number of hydrogen-bond acceptors (Lipinski definition) is 2. The van der Waals surface area contributed by atoms with Gasteiger partial charge in [0.1, 0.15) is 11.5 Å². The Hall–Kier alpha value is -1.44. The topological polar surface area (TPSA) is 18.5 Å². The number of hydrogen-bond donors (Lipinski definition) is 0. The van der Waals surface area contributed by atoms with Crippen molar-refractivity contribution in [1.82, 2.24) is 0 Å². The molecule has 0 radical (unpaired) electrons. The Kier molecular flexibility index (Phi) is 3.41. The summed E-state index contributed by atoms with van der Waals surface area (Å²) in [4.78, 5) is 0. The Morgan fingerprint density at radius 2 is 1.88 bits per heavy atom. The van der Waals surface area contributed by atoms with E-state index in [-0.39, 0.29) is 0 Å². The molecule has 0 saturated heterocycles. The third kappa shape index (κ3) is 1.72. The first-order valence-electron chi connectivity index (χ1n) is 6.22. The standard InChI is InChI=1S/C15H20O2/c1-5-10-11(6-2)15(17-4)14-12(10)8-7-9-13(14)16-3/h7-10H,5-6H2,1-4H3. The summed E-state index contributed by atoms with van der Waals surface area (Å²) in [6.45, 7) is 4.41. The Morgan fingerprint density at radius 1 is 1.12 bits per heavy atom. The van der Waals surface area contributed by atoms with Gasteiger partial charge in [-0.1, -0.05) is 26.0 Å². The molecule has 0 spiro atoms. The first-order chi connectivity index (χ1) is 8.28. The quantitative estimate of drug-likeness (QED) is 0.782. The van der Waals surface area contributed by atoms with Crippen LogP contribution in [-0.4, -0.2) is 14.2 Å². The van der Waals surface area contributed by atoms with Gasteiger partial charge in [-0.3, -0.25) is 0 Å². The van der Waals surface area contributed by atoms with Gasteiger partial charge in [-0.15, -0.1) is 0 Å². The second kappa shape index (κ2) is 4.82. The zero-order valence-electron chi connectivity index (χ0n) is 11.0. The molecule has 17 heavy (non-hydrogen) atoms. The van der Waals surface area contributed by atoms with Crippen LogP contribution in [0.2, 0.25) is 0 Å². The maximum atomic E-state index is 5.62. The molecule has 0 heterocycles. The molecule has 0 N–H and O–H groups in total. The number of benzene rings is 1. The van der Waals surface area contributed by atoms with Crippen molar-refractivity contribution in [3.63, 3.8) is 0 Å². The van der Waals surface area contributed by atoms with Gasteiger partial charge in [0.25, 0.3) is 0 Å². The molecule has 92 valence electrons. The SMILES string of the molecule is CCC1=C(OC)c2c(OC)cccc2C1CC. The van der Waals surface area contributed by atoms with Crippen molar-refractivity contribution in [3.8, 4) is 5.75 Å². The zero-order chi connectivity index (χ0) is 12.4. The van der Waals surface area contributed by atoms with Crippen LogP contribution in [0.5, 0.6) is 5.75 Å². The molecular weight excluding hydrogens is 212 g/mol. The van der Waals surface area contributed by atoms with Crippen molar-refractivity contribution in [1.29, 1.82) is 0 Å². The molecule has 1 unspecified atom stereocenters. The minimum atomic E-state index is 0.486. The highest BCUT2D eigenvalue weighted by Gasteiger charge is 2.32. The molecule has 1 aromatic rings. The third-order valence-electron chi connectivity index (χ3n) is 3.59. The van der Waals surface area contributed by atoms with Crippen molar-refractivity contribution >= 4 is 5.76 Å². The Labute approximate surface area is 103 Å². The lowest BCUT2D eigenvalue weighted by molar-refractivity contribution is 0.359. The van der Waals surface area contributed by atoms with Crippen LogP contribution in [0.1, 0.15) is 43.7 Å². The van der Waals surface area contributed by atoms with Gasteiger partial charge in [0.05, 0.1) is 19.8 Å². The van der Waals surface area contributed by atoms with Crippen molar-refractivity contribution in [3.05, 3.63) is 34.9 Å². The molecule has 1 aromatic carbocycles. The van der Waals surface area contributed by atoms with Crippen LogP contribution in [0.15, 0.2) is 23.8 Å². The zero-order valence-corrected chi connectivity index (χ0v) is 11.0. The van der Waals surface area contributed by atoms with Gasteiger partial charge in [-0.25, -0.2) is 0 Å². The Morgan fingerprint density at radius 3 is 2.41 bits per heavy atom. The summed E-state index contributed by atoms with van der Waals surface area (Å²) in [6.07, 6.45) is 2.13. The fourth-order valence-electron chi connectivity index (χ4n) is 2.86. The fraction of sp³-hybridized carbons (Fsp3) is 0.467. The van der Waals surface area contributed by atoms with Gasteiger partial charge in [-0.05, 0) is 30.0 Å². The number of allylic oxidation sites excluding steroid dienone is 1. The van der Waals surface area contributed by atoms with Gasteiger partial charge in [0.15, 0.2) is 0 Å². The van der Waals surface area contributed by atoms with Gasteiger partial charge >= 0.3 is 0 Å². The van der Waals surface area contributed by atoms with Crippen molar-refractivity contribution in [2.75, 3.05) is 14.2 Å². The minimum Gasteiger partial charge on any atom is -0.496 e. The van der Waals surface area contributed by atoms with Crippen molar-refractivity contribution in [2.45, 2.75) is 32.6 Å². The van der Waals surface area contributed by atoms with Gasteiger partial charge in [0.2, 0.25) is 0 Å². The molecule has 0 saturated carbocycles. The second-order valence-corrected chi connectivity index (χ2v) is 4.30. The van der Waals surface area contributed by atoms with Gasteiger partial charge in [-0.2, -0.15) is 0 Å². The average Bonchev–Trinajstić information content (AvgIpc) is 2.70. The van der Waals surface area contributed by atoms with E-state index in [0.717, 1.165) is 29.9 Å². The van der Waals surface area contributed by atoms with Crippen LogP contribution >= 0.6 is 0 Å². The maximum absolute atomic E-state index is 5.62. The molecule has 0 fully saturated rings. The van der Waals surface area contributed by atoms with E-state index < -0.39 is 0 Å². The fourth-order valence-corrected chi connectivity index (χ4v) is 2.86. The predicted octanol–water partition coefficient (Wildman–Crippen LogP) is 3.97. The molecule has 0 bridgehead atoms. The first kappa shape index (κ1) is 12.0. The molecule has 2 nitrogen and oxygen atoms in total. The Bertz CT molecular complexity index is 446. The monoisotopic (exact) mass is 232 g/mol. The van der Waals surface area contributed by atoms with E-state index in [1.807, 2.05) is 6.07 Å². The highest BCUT2D eigenvalue weighted by Crippen LogP contribution is 2.48. The van der Waals surface area contributed by atoms with Crippen molar-refractivity contribution in [2.24, 2.45) is 0 Å². The molecule has 0 aliphatic heterocycles. The average molecular weight is 232 g/mol. The molecular formula is C15H20O2. The summed E-state index contributed by atoms with van der Waals surface area (Å²) >= 11 is 0. The van der Waals surface area contributed by atoms with E-state index in [2.05, 4.69) is 26.0 Å². The number of methoxy groups -OCH3 is 2. The molecule has 0 aromatic heterocycles. The van der Waals surface area contributed by atoms with E-state index in [4.69, 9.17) is 9.47 Å². The van der Waals surface area contributed by atoms with E-state index in [1.165, 1.54) is 11.1 Å². The highest BCUT2D eigenvalue weighted by molar-refractivity contribution is 5.78. The van der Waals surface area contributed by atoms with E-state index >= 15 is 0 Å². The van der Waals surface area contributed by atoms with Gasteiger partial charge < -0.3 is 9.47 Å². The molecule has 1 aliphatic rings. The lowest BCUT2D eigenvalue weighted by Gasteiger charge is -2.12. The third-order valence-corrected chi connectivity index (χ3v) is 3.59. The van der Waals surface area contributed by atoms with Crippen molar-refractivity contribution < 1.29 is 9.47 Å². The molecule has 0 amide bonds. The van der Waals surface area contributed by atoms with Crippen LogP contribution in [0.4, 0.5) is 0 Å². The van der Waals surface area contributed by atoms with E-state index in [0.29, 0.717) is 5.92 Å². The number of ether oxygens (including phenoxy) is 2. The van der Waals surface area contributed by atoms with E-state index in [1.54, 1.807) is 14.2 Å². The Balaban J connectivity index is 2.64. The molecule has 2 rings (SSSR count). The highest BCUT2D eigenvalue weighted by atomic mass is 16.5. The summed E-state index contributed by atoms with van der Waals surface area (Å²) in [5.74, 6) is 2.42. The van der Waals surface area contributed by atoms with Crippen LogP contribution < -0.4 is 4.74 Å². The summed E-state index contributed by atoms with van der Waals surface area (Å²) in [7, 11) is 3.47. The normalized spacial score (nSPS) is 18.2. The summed E-state index contributed by atoms with van der Waals surface area (Å²) in [5, 5.41) is 0. The summed E-state index contributed by atoms with van der Waals surface area (Å²) in [6, 6.07) is 6.25. The molecule has 2 heteroatoms. The van der Waals surface area contributed by atoms with Crippen LogP contribution in [0, 0.1) is 0 Å². The van der Waals surface area contributed by atoms with E-state index in [9.17, 15) is 0 Å². The summed E-state index contributed by atoms with van der Waals surface area (Å²) in [5.41, 5.74) is 3.90. The minimum absolute atomic E-state index is 0.486. The predicted molar refractivity (Wildman–Crippen MR) is 70.2 cm³/mol. The van der Waals surface area contributed by atoms with Crippen LogP contribution in [-0.2, 0) is 4.74 Å². The van der Waals surface area contributed by atoms with Crippen LogP contribution in [0.25, 0.3) is 5.76 Å².